The molecule has 6 nitrogen and oxygen atoms in total. The Morgan fingerprint density at radius 2 is 1.63 bits per heavy atom. The van der Waals surface area contributed by atoms with Crippen LogP contribution in [0.1, 0.15) is 73.2 Å². The van der Waals surface area contributed by atoms with Crippen LogP contribution in [-0.2, 0) is 28.1 Å². The van der Waals surface area contributed by atoms with Gasteiger partial charge in [-0.1, -0.05) is 87.0 Å². The van der Waals surface area contributed by atoms with Crippen molar-refractivity contribution in [3.05, 3.63) is 94.6 Å². The number of hydrogen-bond acceptors (Lipinski definition) is 4. The summed E-state index contributed by atoms with van der Waals surface area (Å²) in [6.07, 6.45) is 5.94. The zero-order valence-corrected chi connectivity index (χ0v) is 21.3. The van der Waals surface area contributed by atoms with E-state index in [1.807, 2.05) is 78.4 Å². The highest BCUT2D eigenvalue weighted by atomic mass is 16.5. The molecule has 1 aromatic heterocycles. The first-order valence-corrected chi connectivity index (χ1v) is 11.7. The zero-order chi connectivity index (χ0) is 25.8. The fourth-order valence-electron chi connectivity index (χ4n) is 3.28. The van der Waals surface area contributed by atoms with Gasteiger partial charge in [-0.2, -0.15) is 0 Å². The molecule has 0 aliphatic carbocycles. The molecule has 0 fully saturated rings. The number of allylic oxidation sites excluding steroid dienone is 1. The highest BCUT2D eigenvalue weighted by molar-refractivity contribution is 6.06. The lowest BCUT2D eigenvalue weighted by molar-refractivity contribution is -0.162. The van der Waals surface area contributed by atoms with Gasteiger partial charge in [-0.25, -0.2) is 9.78 Å². The summed E-state index contributed by atoms with van der Waals surface area (Å²) in [6.45, 7) is 12.0. The van der Waals surface area contributed by atoms with Gasteiger partial charge in [0.15, 0.2) is 11.4 Å². The van der Waals surface area contributed by atoms with Crippen LogP contribution < -0.4 is 0 Å². The summed E-state index contributed by atoms with van der Waals surface area (Å²) in [6, 6.07) is 15.3. The largest absolute Gasteiger partial charge is 0.479 e. The molecule has 184 valence electrons. The smallest absolute Gasteiger partial charge is 0.335 e. The highest BCUT2D eigenvalue weighted by Crippen LogP contribution is 2.23. The number of aliphatic carboxylic acids is 1. The molecular weight excluding hydrogens is 440 g/mol. The Labute approximate surface area is 207 Å². The van der Waals surface area contributed by atoms with Crippen molar-refractivity contribution in [1.29, 1.82) is 0 Å². The van der Waals surface area contributed by atoms with Gasteiger partial charge in [-0.15, -0.1) is 0 Å². The second kappa shape index (κ2) is 10.4. The first-order valence-electron chi connectivity index (χ1n) is 11.7. The third-order valence-electron chi connectivity index (χ3n) is 5.77. The third-order valence-corrected chi connectivity index (χ3v) is 5.77. The molecule has 1 heterocycles. The number of carbonyl (C=O) groups is 2. The summed E-state index contributed by atoms with van der Waals surface area (Å²) in [5.41, 5.74) is 3.07. The lowest BCUT2D eigenvalue weighted by atomic mass is 9.93. The van der Waals surface area contributed by atoms with E-state index in [-0.39, 0.29) is 17.8 Å². The van der Waals surface area contributed by atoms with Crippen molar-refractivity contribution in [3.63, 3.8) is 0 Å². The zero-order valence-electron chi connectivity index (χ0n) is 21.3. The number of carboxylic acid groups (broad SMARTS) is 1. The summed E-state index contributed by atoms with van der Waals surface area (Å²) in [5.74, 6) is -0.661. The highest BCUT2D eigenvalue weighted by Gasteiger charge is 2.27. The minimum absolute atomic E-state index is 0.0949. The number of carboxylic acids is 1. The quantitative estimate of drug-likeness (QED) is 0.396. The van der Waals surface area contributed by atoms with Gasteiger partial charge < -0.3 is 14.4 Å². The molecular formula is C29H34N2O4. The topological polar surface area (TPSA) is 81.4 Å². The summed E-state index contributed by atoms with van der Waals surface area (Å²) < 4.78 is 7.40. The molecule has 2 aromatic carbocycles. The second-order valence-electron chi connectivity index (χ2n) is 10.3. The van der Waals surface area contributed by atoms with Crippen LogP contribution in [0.25, 0.3) is 6.08 Å². The van der Waals surface area contributed by atoms with Crippen LogP contribution in [0, 0.1) is 6.92 Å². The molecule has 3 aromatic rings. The van der Waals surface area contributed by atoms with Crippen molar-refractivity contribution in [3.8, 4) is 0 Å². The van der Waals surface area contributed by atoms with Crippen molar-refractivity contribution in [2.75, 3.05) is 0 Å². The molecule has 0 amide bonds. The van der Waals surface area contributed by atoms with E-state index in [1.54, 1.807) is 0 Å². The Morgan fingerprint density at radius 1 is 1.00 bits per heavy atom. The van der Waals surface area contributed by atoms with Crippen LogP contribution in [0.3, 0.4) is 0 Å². The molecule has 0 saturated heterocycles. The first-order chi connectivity index (χ1) is 16.4. The molecule has 3 rings (SSSR count). The number of hydrogen-bond donors (Lipinski definition) is 1. The van der Waals surface area contributed by atoms with Gasteiger partial charge >= 0.3 is 5.97 Å². The molecule has 0 saturated carbocycles. The van der Waals surface area contributed by atoms with Crippen LogP contribution in [0.2, 0.25) is 0 Å². The monoisotopic (exact) mass is 474 g/mol. The van der Waals surface area contributed by atoms with Gasteiger partial charge in [0.25, 0.3) is 0 Å². The fraction of sp³-hybridized carbons (Fsp3) is 0.345. The Balaban J connectivity index is 1.74. The van der Waals surface area contributed by atoms with Crippen molar-refractivity contribution in [2.45, 2.75) is 65.7 Å². The standard InChI is InChI=1S/C29H34N2O4/c1-20-9-15-23(16-10-20)25(32)26-30-24(28(2,3)4)18-31(26)17-7-8-21-11-13-22(14-12-21)19-35-29(5,6)27(33)34/h7-16,18H,17,19H2,1-6H3,(H,33,34)/b8-7+. The summed E-state index contributed by atoms with van der Waals surface area (Å²) >= 11 is 0. The number of benzene rings is 2. The molecule has 6 heteroatoms. The maximum atomic E-state index is 13.2. The number of rotatable bonds is 9. The number of aromatic nitrogens is 2. The SMILES string of the molecule is Cc1ccc(C(=O)c2nc(C(C)(C)C)cn2C/C=C/c2ccc(COC(C)(C)C(=O)O)cc2)cc1. The van der Waals surface area contributed by atoms with Gasteiger partial charge in [0.2, 0.25) is 5.78 Å². The van der Waals surface area contributed by atoms with Gasteiger partial charge in [-0.3, -0.25) is 4.79 Å². The van der Waals surface area contributed by atoms with Crippen LogP contribution in [-0.4, -0.2) is 32.0 Å². The predicted octanol–water partition coefficient (Wildman–Crippen LogP) is 5.81. The van der Waals surface area contributed by atoms with Crippen LogP contribution in [0.4, 0.5) is 0 Å². The van der Waals surface area contributed by atoms with E-state index in [1.165, 1.54) is 13.8 Å². The third kappa shape index (κ3) is 6.76. The number of imidazole rings is 1. The van der Waals surface area contributed by atoms with Crippen molar-refractivity contribution in [2.24, 2.45) is 0 Å². The Bertz CT molecular complexity index is 1210. The Morgan fingerprint density at radius 3 is 2.20 bits per heavy atom. The van der Waals surface area contributed by atoms with Crippen molar-refractivity contribution >= 4 is 17.8 Å². The van der Waals surface area contributed by atoms with E-state index in [0.717, 1.165) is 22.4 Å². The van der Waals surface area contributed by atoms with Gasteiger partial charge in [0.1, 0.15) is 0 Å². The summed E-state index contributed by atoms with van der Waals surface area (Å²) in [7, 11) is 0. The number of nitrogens with zero attached hydrogens (tertiary/aromatic N) is 2. The van der Waals surface area contributed by atoms with E-state index in [2.05, 4.69) is 20.8 Å². The Hall–Kier alpha value is -3.51. The lowest BCUT2D eigenvalue weighted by Gasteiger charge is -2.20. The molecule has 0 aliphatic heterocycles. The van der Waals surface area contributed by atoms with Gasteiger partial charge in [0.05, 0.1) is 12.3 Å². The lowest BCUT2D eigenvalue weighted by Crippen LogP contribution is -2.34. The Kier molecular flexibility index (Phi) is 7.76. The first kappa shape index (κ1) is 26.1. The van der Waals surface area contributed by atoms with Gasteiger partial charge in [-0.05, 0) is 31.9 Å². The predicted molar refractivity (Wildman–Crippen MR) is 138 cm³/mol. The second-order valence-corrected chi connectivity index (χ2v) is 10.3. The number of ether oxygens (including phenoxy) is 1. The molecule has 0 spiro atoms. The van der Waals surface area contributed by atoms with E-state index in [9.17, 15) is 9.59 Å². The summed E-state index contributed by atoms with van der Waals surface area (Å²) in [4.78, 5) is 29.1. The van der Waals surface area contributed by atoms with Crippen LogP contribution >= 0.6 is 0 Å². The summed E-state index contributed by atoms with van der Waals surface area (Å²) in [5, 5.41) is 9.17. The normalized spacial score (nSPS) is 12.3. The molecule has 0 aliphatic rings. The molecule has 0 bridgehead atoms. The van der Waals surface area contributed by atoms with Crippen LogP contribution in [0.5, 0.6) is 0 Å². The maximum absolute atomic E-state index is 13.2. The average molecular weight is 475 g/mol. The maximum Gasteiger partial charge on any atom is 0.335 e. The molecule has 1 N–H and O–H groups in total. The van der Waals surface area contributed by atoms with E-state index >= 15 is 0 Å². The van der Waals surface area contributed by atoms with Crippen LogP contribution in [0.15, 0.2) is 60.8 Å². The molecule has 0 atom stereocenters. The van der Waals surface area contributed by atoms with E-state index in [4.69, 9.17) is 14.8 Å². The van der Waals surface area contributed by atoms with Crippen molar-refractivity contribution in [1.82, 2.24) is 9.55 Å². The number of aryl methyl sites for hydroxylation is 1. The number of carbonyl (C=O) groups excluding carboxylic acids is 1. The van der Waals surface area contributed by atoms with E-state index < -0.39 is 11.6 Å². The molecule has 0 radical (unpaired) electrons. The van der Waals surface area contributed by atoms with Gasteiger partial charge in [0, 0.05) is 23.7 Å². The van der Waals surface area contributed by atoms with Crippen molar-refractivity contribution < 1.29 is 19.4 Å². The minimum Gasteiger partial charge on any atom is -0.479 e. The molecule has 35 heavy (non-hydrogen) atoms. The number of ketones is 1. The minimum atomic E-state index is -1.23. The molecule has 0 unspecified atom stereocenters. The average Bonchev–Trinajstić information content (AvgIpc) is 3.23. The fourth-order valence-corrected chi connectivity index (χ4v) is 3.28. The van der Waals surface area contributed by atoms with E-state index in [0.29, 0.717) is 17.9 Å².